The largest absolute Gasteiger partial charge is 0.496 e. The third-order valence-corrected chi connectivity index (χ3v) is 4.68. The van der Waals surface area contributed by atoms with Crippen LogP contribution in [0.15, 0.2) is 47.4 Å². The molecule has 0 saturated carbocycles. The van der Waals surface area contributed by atoms with E-state index in [0.29, 0.717) is 11.3 Å². The van der Waals surface area contributed by atoms with Gasteiger partial charge in [0, 0.05) is 6.54 Å². The summed E-state index contributed by atoms with van der Waals surface area (Å²) in [5.74, 6) is -0.783. The zero-order valence-corrected chi connectivity index (χ0v) is 13.9. The first kappa shape index (κ1) is 17.9. The number of esters is 1. The number of ether oxygens (including phenoxy) is 2. The standard InChI is InChI=1S/C16H16FNO5S/c1-22-15-8-3-11(9-14(15)16(19)23-2)10-18-24(20,21)13-6-4-12(17)5-7-13/h3-9,18H,10H2,1-2H3. The van der Waals surface area contributed by atoms with E-state index in [0.717, 1.165) is 12.1 Å². The second-order valence-corrected chi connectivity index (χ2v) is 6.57. The summed E-state index contributed by atoms with van der Waals surface area (Å²) in [6.45, 7) is -0.0479. The van der Waals surface area contributed by atoms with Crippen molar-refractivity contribution >= 4 is 16.0 Å². The van der Waals surface area contributed by atoms with E-state index in [1.807, 2.05) is 0 Å². The molecule has 0 radical (unpaired) electrons. The number of hydrogen-bond donors (Lipinski definition) is 1. The van der Waals surface area contributed by atoms with Crippen molar-refractivity contribution in [2.24, 2.45) is 0 Å². The van der Waals surface area contributed by atoms with E-state index < -0.39 is 21.8 Å². The molecule has 0 atom stereocenters. The van der Waals surface area contributed by atoms with Gasteiger partial charge in [-0.25, -0.2) is 22.3 Å². The predicted octanol–water partition coefficient (Wildman–Crippen LogP) is 2.10. The van der Waals surface area contributed by atoms with Crippen molar-refractivity contribution in [3.05, 3.63) is 59.4 Å². The van der Waals surface area contributed by atoms with E-state index >= 15 is 0 Å². The number of benzene rings is 2. The van der Waals surface area contributed by atoms with Gasteiger partial charge in [-0.15, -0.1) is 0 Å². The van der Waals surface area contributed by atoms with Gasteiger partial charge in [0.05, 0.1) is 19.1 Å². The molecular formula is C16H16FNO5S. The van der Waals surface area contributed by atoms with Crippen molar-refractivity contribution in [3.63, 3.8) is 0 Å². The molecule has 0 spiro atoms. The molecule has 2 rings (SSSR count). The van der Waals surface area contributed by atoms with Crippen molar-refractivity contribution in [3.8, 4) is 5.75 Å². The molecule has 2 aromatic carbocycles. The number of hydrogen-bond acceptors (Lipinski definition) is 5. The molecule has 2 aromatic rings. The van der Waals surface area contributed by atoms with Gasteiger partial charge in [0.25, 0.3) is 0 Å². The second-order valence-electron chi connectivity index (χ2n) is 4.80. The van der Waals surface area contributed by atoms with Gasteiger partial charge in [-0.3, -0.25) is 0 Å². The minimum atomic E-state index is -3.79. The van der Waals surface area contributed by atoms with Gasteiger partial charge in [0.15, 0.2) is 0 Å². The molecule has 24 heavy (non-hydrogen) atoms. The summed E-state index contributed by atoms with van der Waals surface area (Å²) in [5, 5.41) is 0. The summed E-state index contributed by atoms with van der Waals surface area (Å²) >= 11 is 0. The number of carbonyl (C=O) groups is 1. The van der Waals surface area contributed by atoms with Crippen LogP contribution in [0, 0.1) is 5.82 Å². The molecular weight excluding hydrogens is 337 g/mol. The Morgan fingerprint density at radius 1 is 1.12 bits per heavy atom. The van der Waals surface area contributed by atoms with Gasteiger partial charge in [-0.1, -0.05) is 6.07 Å². The minimum Gasteiger partial charge on any atom is -0.496 e. The first-order valence-corrected chi connectivity index (χ1v) is 8.36. The van der Waals surface area contributed by atoms with E-state index in [2.05, 4.69) is 9.46 Å². The van der Waals surface area contributed by atoms with Crippen LogP contribution in [0.5, 0.6) is 5.75 Å². The second kappa shape index (κ2) is 7.41. The maximum atomic E-state index is 12.9. The van der Waals surface area contributed by atoms with E-state index in [4.69, 9.17) is 4.74 Å². The Balaban J connectivity index is 2.19. The molecule has 0 fully saturated rings. The van der Waals surface area contributed by atoms with Crippen LogP contribution in [-0.2, 0) is 21.3 Å². The van der Waals surface area contributed by atoms with Gasteiger partial charge >= 0.3 is 5.97 Å². The molecule has 0 amide bonds. The lowest BCUT2D eigenvalue weighted by atomic mass is 10.1. The number of carbonyl (C=O) groups excluding carboxylic acids is 1. The van der Waals surface area contributed by atoms with Crippen molar-refractivity contribution in [2.75, 3.05) is 14.2 Å². The zero-order chi connectivity index (χ0) is 17.7. The summed E-state index contributed by atoms with van der Waals surface area (Å²) in [7, 11) is -1.14. The van der Waals surface area contributed by atoms with Crippen LogP contribution in [-0.4, -0.2) is 28.6 Å². The Hall–Kier alpha value is -2.45. The molecule has 0 aromatic heterocycles. The lowest BCUT2D eigenvalue weighted by Gasteiger charge is -2.10. The van der Waals surface area contributed by atoms with Crippen LogP contribution in [0.1, 0.15) is 15.9 Å². The Labute approximate surface area is 139 Å². The average Bonchev–Trinajstić information content (AvgIpc) is 2.59. The number of halogens is 1. The van der Waals surface area contributed by atoms with Crippen molar-refractivity contribution in [1.82, 2.24) is 4.72 Å². The normalized spacial score (nSPS) is 11.1. The van der Waals surface area contributed by atoms with E-state index in [-0.39, 0.29) is 17.0 Å². The smallest absolute Gasteiger partial charge is 0.341 e. The fourth-order valence-electron chi connectivity index (χ4n) is 2.01. The first-order chi connectivity index (χ1) is 11.4. The highest BCUT2D eigenvalue weighted by molar-refractivity contribution is 7.89. The highest BCUT2D eigenvalue weighted by atomic mass is 32.2. The molecule has 0 aliphatic heterocycles. The summed E-state index contributed by atoms with van der Waals surface area (Å²) in [6.07, 6.45) is 0. The quantitative estimate of drug-likeness (QED) is 0.805. The molecule has 6 nitrogen and oxygen atoms in total. The minimum absolute atomic E-state index is 0.0479. The van der Waals surface area contributed by atoms with Crippen LogP contribution in [0.3, 0.4) is 0 Å². The highest BCUT2D eigenvalue weighted by Gasteiger charge is 2.16. The molecule has 1 N–H and O–H groups in total. The molecule has 0 aliphatic carbocycles. The fourth-order valence-corrected chi connectivity index (χ4v) is 3.03. The third-order valence-electron chi connectivity index (χ3n) is 3.26. The molecule has 0 bridgehead atoms. The number of methoxy groups -OCH3 is 2. The summed E-state index contributed by atoms with van der Waals surface area (Å²) in [6, 6.07) is 9.13. The van der Waals surface area contributed by atoms with Crippen LogP contribution in [0.2, 0.25) is 0 Å². The van der Waals surface area contributed by atoms with Crippen molar-refractivity contribution in [2.45, 2.75) is 11.4 Å². The highest BCUT2D eigenvalue weighted by Crippen LogP contribution is 2.21. The SMILES string of the molecule is COC(=O)c1cc(CNS(=O)(=O)c2ccc(F)cc2)ccc1OC. The lowest BCUT2D eigenvalue weighted by Crippen LogP contribution is -2.23. The molecule has 0 unspecified atom stereocenters. The van der Waals surface area contributed by atoms with E-state index in [9.17, 15) is 17.6 Å². The maximum absolute atomic E-state index is 12.9. The monoisotopic (exact) mass is 353 g/mol. The number of rotatable bonds is 6. The van der Waals surface area contributed by atoms with Crippen molar-refractivity contribution in [1.29, 1.82) is 0 Å². The summed E-state index contributed by atoms with van der Waals surface area (Å²) < 4.78 is 49.3. The Kier molecular flexibility index (Phi) is 5.53. The lowest BCUT2D eigenvalue weighted by molar-refractivity contribution is 0.0597. The predicted molar refractivity (Wildman–Crippen MR) is 84.8 cm³/mol. The van der Waals surface area contributed by atoms with Gasteiger partial charge in [-0.05, 0) is 42.0 Å². The van der Waals surface area contributed by atoms with Crippen LogP contribution >= 0.6 is 0 Å². The van der Waals surface area contributed by atoms with E-state index in [1.165, 1.54) is 32.4 Å². The third kappa shape index (κ3) is 4.09. The first-order valence-electron chi connectivity index (χ1n) is 6.88. The molecule has 8 heteroatoms. The Bertz CT molecular complexity index is 834. The molecule has 128 valence electrons. The summed E-state index contributed by atoms with van der Waals surface area (Å²) in [4.78, 5) is 11.7. The van der Waals surface area contributed by atoms with Gasteiger partial charge in [-0.2, -0.15) is 0 Å². The number of nitrogens with one attached hydrogen (secondary N) is 1. The molecule has 0 aliphatic rings. The zero-order valence-electron chi connectivity index (χ0n) is 13.1. The fraction of sp³-hybridized carbons (Fsp3) is 0.188. The Morgan fingerprint density at radius 2 is 1.79 bits per heavy atom. The van der Waals surface area contributed by atoms with Crippen LogP contribution in [0.4, 0.5) is 4.39 Å². The molecule has 0 saturated heterocycles. The van der Waals surface area contributed by atoms with Crippen LogP contribution in [0.25, 0.3) is 0 Å². The van der Waals surface area contributed by atoms with E-state index in [1.54, 1.807) is 12.1 Å². The Morgan fingerprint density at radius 3 is 2.38 bits per heavy atom. The molecule has 0 heterocycles. The summed E-state index contributed by atoms with van der Waals surface area (Å²) in [5.41, 5.74) is 0.736. The van der Waals surface area contributed by atoms with Crippen molar-refractivity contribution < 1.29 is 27.1 Å². The van der Waals surface area contributed by atoms with Gasteiger partial charge in [0.2, 0.25) is 10.0 Å². The average molecular weight is 353 g/mol. The van der Waals surface area contributed by atoms with Gasteiger partial charge < -0.3 is 9.47 Å². The number of sulfonamides is 1. The van der Waals surface area contributed by atoms with Gasteiger partial charge in [0.1, 0.15) is 17.1 Å². The topological polar surface area (TPSA) is 81.7 Å². The maximum Gasteiger partial charge on any atom is 0.341 e. The van der Waals surface area contributed by atoms with Crippen LogP contribution < -0.4 is 9.46 Å².